The van der Waals surface area contributed by atoms with Crippen LogP contribution in [-0.4, -0.2) is 45.3 Å². The van der Waals surface area contributed by atoms with Crippen LogP contribution in [0.4, 0.5) is 0 Å². The maximum atomic E-state index is 11.2. The molecule has 1 aliphatic heterocycles. The summed E-state index contributed by atoms with van der Waals surface area (Å²) in [5.41, 5.74) is 1.04. The van der Waals surface area contributed by atoms with Crippen molar-refractivity contribution in [3.05, 3.63) is 11.6 Å². The number of nitrogens with zero attached hydrogens (tertiary/aromatic N) is 1. The molecule has 1 fully saturated rings. The molecule has 0 aromatic heterocycles. The Kier molecular flexibility index (Phi) is 3.10. The van der Waals surface area contributed by atoms with Crippen LogP contribution in [0.5, 0.6) is 0 Å². The van der Waals surface area contributed by atoms with Crippen molar-refractivity contribution in [3.63, 3.8) is 0 Å². The number of allylic oxidation sites excluding steroid dienone is 1. The molecular weight excluding hydrogens is 190 g/mol. The summed E-state index contributed by atoms with van der Waals surface area (Å²) < 4.78 is 29.0. The van der Waals surface area contributed by atoms with Crippen LogP contribution in [0, 0.1) is 0 Å². The lowest BCUT2D eigenvalue weighted by molar-refractivity contribution is 0.138. The summed E-state index contributed by atoms with van der Waals surface area (Å²) >= 11 is 0. The molecule has 0 unspecified atom stereocenters. The maximum absolute atomic E-state index is 11.2. The van der Waals surface area contributed by atoms with E-state index in [4.69, 9.17) is 4.74 Å². The lowest BCUT2D eigenvalue weighted by Crippen LogP contribution is -2.28. The van der Waals surface area contributed by atoms with Gasteiger partial charge in [-0.15, -0.1) is 0 Å². The molecule has 1 aliphatic rings. The third kappa shape index (κ3) is 2.30. The Morgan fingerprint density at radius 3 is 2.54 bits per heavy atom. The van der Waals surface area contributed by atoms with Gasteiger partial charge in [0, 0.05) is 20.2 Å². The first-order valence-corrected chi connectivity index (χ1v) is 5.97. The zero-order chi connectivity index (χ0) is 10.1. The average molecular weight is 205 g/mol. The second-order valence-corrected chi connectivity index (χ2v) is 5.13. The average Bonchev–Trinajstić information content (AvgIpc) is 2.45. The lowest BCUT2D eigenvalue weighted by Gasteiger charge is -2.11. The van der Waals surface area contributed by atoms with Gasteiger partial charge in [-0.2, -0.15) is 4.31 Å². The second-order valence-electron chi connectivity index (χ2n) is 3.14. The van der Waals surface area contributed by atoms with Crippen LogP contribution in [0.2, 0.25) is 0 Å². The third-order valence-electron chi connectivity index (χ3n) is 2.27. The summed E-state index contributed by atoms with van der Waals surface area (Å²) in [5.74, 6) is 0. The molecule has 0 saturated carbocycles. The molecule has 5 heteroatoms. The van der Waals surface area contributed by atoms with Gasteiger partial charge in [-0.05, 0) is 12.5 Å². The van der Waals surface area contributed by atoms with E-state index in [1.54, 1.807) is 7.11 Å². The molecule has 4 nitrogen and oxygen atoms in total. The fraction of sp³-hybridized carbons (Fsp3) is 0.750. The Morgan fingerprint density at radius 1 is 1.62 bits per heavy atom. The molecule has 1 heterocycles. The quantitative estimate of drug-likeness (QED) is 0.606. The molecule has 0 N–H and O–H groups in total. The van der Waals surface area contributed by atoms with E-state index in [9.17, 15) is 8.42 Å². The standard InChI is InChI=1S/C8H15NO3S/c1-4-7-5-9(13(3,10)11)6-8(7)12-2/h4,8H,5-6H2,1-3H3/b7-4+/t8-/m0/s1. The predicted octanol–water partition coefficient (Wildman–Crippen LogP) is 0.223. The fourth-order valence-electron chi connectivity index (χ4n) is 1.43. The van der Waals surface area contributed by atoms with Gasteiger partial charge in [0.05, 0.1) is 12.4 Å². The van der Waals surface area contributed by atoms with Crippen LogP contribution < -0.4 is 0 Å². The van der Waals surface area contributed by atoms with Crippen molar-refractivity contribution >= 4 is 10.0 Å². The first-order chi connectivity index (χ1) is 5.99. The summed E-state index contributed by atoms with van der Waals surface area (Å²) in [6.45, 7) is 2.80. The summed E-state index contributed by atoms with van der Waals surface area (Å²) in [7, 11) is -1.48. The van der Waals surface area contributed by atoms with Crippen molar-refractivity contribution in [1.82, 2.24) is 4.31 Å². The van der Waals surface area contributed by atoms with Gasteiger partial charge in [-0.25, -0.2) is 8.42 Å². The van der Waals surface area contributed by atoms with Crippen molar-refractivity contribution in [2.75, 3.05) is 26.5 Å². The summed E-state index contributed by atoms with van der Waals surface area (Å²) in [6.07, 6.45) is 3.07. The molecule has 0 aromatic carbocycles. The van der Waals surface area contributed by atoms with Crippen molar-refractivity contribution < 1.29 is 13.2 Å². The summed E-state index contributed by atoms with van der Waals surface area (Å²) in [6, 6.07) is 0. The zero-order valence-corrected chi connectivity index (χ0v) is 8.97. The first kappa shape index (κ1) is 10.7. The minimum Gasteiger partial charge on any atom is -0.376 e. The molecule has 0 radical (unpaired) electrons. The molecule has 13 heavy (non-hydrogen) atoms. The molecule has 0 spiro atoms. The zero-order valence-electron chi connectivity index (χ0n) is 8.15. The highest BCUT2D eigenvalue weighted by atomic mass is 32.2. The Balaban J connectivity index is 2.81. The van der Waals surface area contributed by atoms with Crippen molar-refractivity contribution in [1.29, 1.82) is 0 Å². The molecule has 1 atom stereocenters. The normalized spacial score (nSPS) is 28.5. The topological polar surface area (TPSA) is 46.6 Å². The molecule has 0 aromatic rings. The van der Waals surface area contributed by atoms with Crippen LogP contribution in [0.15, 0.2) is 11.6 Å². The number of hydrogen-bond donors (Lipinski definition) is 0. The van der Waals surface area contributed by atoms with Gasteiger partial charge in [0.15, 0.2) is 0 Å². The van der Waals surface area contributed by atoms with E-state index < -0.39 is 10.0 Å². The van der Waals surface area contributed by atoms with Crippen LogP contribution >= 0.6 is 0 Å². The molecular formula is C8H15NO3S. The van der Waals surface area contributed by atoms with Crippen molar-refractivity contribution in [3.8, 4) is 0 Å². The van der Waals surface area contributed by atoms with Gasteiger partial charge in [0.2, 0.25) is 10.0 Å². The Labute approximate surface area is 79.2 Å². The molecule has 0 amide bonds. The predicted molar refractivity (Wildman–Crippen MR) is 51.0 cm³/mol. The molecule has 1 rings (SSSR count). The van der Waals surface area contributed by atoms with Gasteiger partial charge in [-0.3, -0.25) is 0 Å². The van der Waals surface area contributed by atoms with Crippen LogP contribution in [-0.2, 0) is 14.8 Å². The number of sulfonamides is 1. The van der Waals surface area contributed by atoms with Crippen LogP contribution in [0.1, 0.15) is 6.92 Å². The van der Waals surface area contributed by atoms with Gasteiger partial charge >= 0.3 is 0 Å². The van der Waals surface area contributed by atoms with E-state index in [-0.39, 0.29) is 6.10 Å². The van der Waals surface area contributed by atoms with E-state index in [0.29, 0.717) is 13.1 Å². The van der Waals surface area contributed by atoms with E-state index in [0.717, 1.165) is 5.57 Å². The van der Waals surface area contributed by atoms with Gasteiger partial charge in [0.1, 0.15) is 0 Å². The van der Waals surface area contributed by atoms with Gasteiger partial charge in [-0.1, -0.05) is 6.08 Å². The molecule has 1 saturated heterocycles. The second kappa shape index (κ2) is 3.77. The van der Waals surface area contributed by atoms with Crippen molar-refractivity contribution in [2.45, 2.75) is 13.0 Å². The SMILES string of the molecule is C/C=C1\CN(S(C)(=O)=O)C[C@@H]1OC. The van der Waals surface area contributed by atoms with Gasteiger partial charge in [0.25, 0.3) is 0 Å². The first-order valence-electron chi connectivity index (χ1n) is 4.12. The number of methoxy groups -OCH3 is 1. The largest absolute Gasteiger partial charge is 0.376 e. The Morgan fingerprint density at radius 2 is 2.23 bits per heavy atom. The van der Waals surface area contributed by atoms with Gasteiger partial charge < -0.3 is 4.74 Å². The minimum absolute atomic E-state index is 0.0697. The minimum atomic E-state index is -3.08. The molecule has 76 valence electrons. The number of rotatable bonds is 2. The maximum Gasteiger partial charge on any atom is 0.211 e. The highest BCUT2D eigenvalue weighted by molar-refractivity contribution is 7.88. The van der Waals surface area contributed by atoms with E-state index >= 15 is 0 Å². The van der Waals surface area contributed by atoms with E-state index in [1.807, 2.05) is 13.0 Å². The highest BCUT2D eigenvalue weighted by Gasteiger charge is 2.31. The smallest absolute Gasteiger partial charge is 0.211 e. The number of hydrogen-bond acceptors (Lipinski definition) is 3. The Bertz CT molecular complexity index is 307. The van der Waals surface area contributed by atoms with E-state index in [2.05, 4.69) is 0 Å². The summed E-state index contributed by atoms with van der Waals surface area (Å²) in [4.78, 5) is 0. The summed E-state index contributed by atoms with van der Waals surface area (Å²) in [5, 5.41) is 0. The number of ether oxygens (including phenoxy) is 1. The van der Waals surface area contributed by atoms with Crippen LogP contribution in [0.25, 0.3) is 0 Å². The highest BCUT2D eigenvalue weighted by Crippen LogP contribution is 2.20. The Hall–Kier alpha value is -0.390. The van der Waals surface area contributed by atoms with E-state index in [1.165, 1.54) is 10.6 Å². The fourth-order valence-corrected chi connectivity index (χ4v) is 2.22. The van der Waals surface area contributed by atoms with Crippen LogP contribution in [0.3, 0.4) is 0 Å². The molecule has 0 bridgehead atoms. The lowest BCUT2D eigenvalue weighted by atomic mass is 10.2. The monoisotopic (exact) mass is 205 g/mol. The molecule has 0 aliphatic carbocycles. The third-order valence-corrected chi connectivity index (χ3v) is 3.48. The van der Waals surface area contributed by atoms with Crippen molar-refractivity contribution in [2.24, 2.45) is 0 Å².